The van der Waals surface area contributed by atoms with E-state index in [-0.39, 0.29) is 5.97 Å². The van der Waals surface area contributed by atoms with Crippen molar-refractivity contribution in [2.24, 2.45) is 0 Å². The van der Waals surface area contributed by atoms with Gasteiger partial charge in [0.15, 0.2) is 0 Å². The van der Waals surface area contributed by atoms with Crippen molar-refractivity contribution in [2.45, 2.75) is 84.0 Å². The number of unbranched alkanes of at least 4 members (excludes halogenated alkanes) is 10. The van der Waals surface area contributed by atoms with Crippen LogP contribution in [0.15, 0.2) is 25.0 Å². The van der Waals surface area contributed by atoms with E-state index < -0.39 is 0 Å². The maximum Gasteiger partial charge on any atom is 0.310 e. The normalized spacial score (nSPS) is 9.43. The van der Waals surface area contributed by atoms with Gasteiger partial charge < -0.3 is 4.74 Å². The number of esters is 1. The molecule has 0 radical (unpaired) electrons. The number of carbonyl (C=O) groups is 1. The maximum atomic E-state index is 11.0. The van der Waals surface area contributed by atoms with E-state index >= 15 is 0 Å². The molecule has 0 aliphatic heterocycles. The molecule has 3 heteroatoms. The first-order valence-corrected chi connectivity index (χ1v) is 8.68. The van der Waals surface area contributed by atoms with Gasteiger partial charge in [0.2, 0.25) is 0 Å². The minimum absolute atomic E-state index is 0.152. The standard InChI is InChI=1S/C16H30O2.C2H3Cl/c1-3-5-6-7-8-9-10-11-12-13-14-15-16(17)18-4-2;1-2-3/h4H,2-3,5-15H2,1H3;2H,1H2. The van der Waals surface area contributed by atoms with E-state index in [9.17, 15) is 4.79 Å². The van der Waals surface area contributed by atoms with Gasteiger partial charge in [-0.2, -0.15) is 0 Å². The van der Waals surface area contributed by atoms with Crippen LogP contribution in [0.3, 0.4) is 0 Å². The fraction of sp³-hybridized carbons (Fsp3) is 0.722. The zero-order valence-corrected chi connectivity index (χ0v) is 14.5. The molecule has 2 nitrogen and oxygen atoms in total. The van der Waals surface area contributed by atoms with Crippen molar-refractivity contribution in [1.29, 1.82) is 0 Å². The van der Waals surface area contributed by atoms with Gasteiger partial charge in [-0.1, -0.05) is 95.9 Å². The summed E-state index contributed by atoms with van der Waals surface area (Å²) in [6.45, 7) is 8.74. The van der Waals surface area contributed by atoms with Crippen LogP contribution in [0, 0.1) is 0 Å². The average Bonchev–Trinajstić information content (AvgIpc) is 2.46. The van der Waals surface area contributed by atoms with Gasteiger partial charge in [-0.15, -0.1) is 0 Å². The van der Waals surface area contributed by atoms with Gasteiger partial charge in [-0.05, 0) is 12.0 Å². The average molecular weight is 317 g/mol. The number of ether oxygens (including phenoxy) is 1. The second-order valence-electron chi connectivity index (χ2n) is 5.10. The van der Waals surface area contributed by atoms with Gasteiger partial charge in [0.05, 0.1) is 6.26 Å². The number of rotatable bonds is 13. The van der Waals surface area contributed by atoms with Gasteiger partial charge >= 0.3 is 5.97 Å². The molecular weight excluding hydrogens is 284 g/mol. The van der Waals surface area contributed by atoms with Crippen LogP contribution in [0.4, 0.5) is 0 Å². The first kappa shape index (κ1) is 22.5. The molecule has 0 rings (SSSR count). The van der Waals surface area contributed by atoms with Crippen LogP contribution in [-0.2, 0) is 9.53 Å². The van der Waals surface area contributed by atoms with Crippen molar-refractivity contribution in [1.82, 2.24) is 0 Å². The fourth-order valence-electron chi connectivity index (χ4n) is 2.09. The molecule has 0 saturated heterocycles. The number of carbonyl (C=O) groups excluding carboxylic acids is 1. The molecular formula is C18H33ClO2. The molecule has 0 aromatic rings. The summed E-state index contributed by atoms with van der Waals surface area (Å²) in [7, 11) is 0. The maximum absolute atomic E-state index is 11.0. The Morgan fingerprint density at radius 2 is 1.29 bits per heavy atom. The van der Waals surface area contributed by atoms with Crippen LogP contribution < -0.4 is 0 Å². The first-order valence-electron chi connectivity index (χ1n) is 8.24. The topological polar surface area (TPSA) is 26.3 Å². The molecule has 0 aliphatic carbocycles. The highest BCUT2D eigenvalue weighted by Crippen LogP contribution is 2.12. The van der Waals surface area contributed by atoms with Crippen molar-refractivity contribution >= 4 is 17.6 Å². The minimum Gasteiger partial charge on any atom is -0.435 e. The van der Waals surface area contributed by atoms with Crippen molar-refractivity contribution < 1.29 is 9.53 Å². The van der Waals surface area contributed by atoms with Crippen LogP contribution in [0.1, 0.15) is 84.0 Å². The van der Waals surface area contributed by atoms with Crippen molar-refractivity contribution in [3.05, 3.63) is 25.0 Å². The van der Waals surface area contributed by atoms with Gasteiger partial charge in [-0.3, -0.25) is 4.79 Å². The summed E-state index contributed by atoms with van der Waals surface area (Å²) in [4.78, 5) is 11.0. The van der Waals surface area contributed by atoms with E-state index in [1.165, 1.54) is 69.6 Å². The number of hydrogen-bond donors (Lipinski definition) is 0. The summed E-state index contributed by atoms with van der Waals surface area (Å²) >= 11 is 4.76. The van der Waals surface area contributed by atoms with Crippen LogP contribution >= 0.6 is 11.6 Å². The molecule has 0 amide bonds. The molecule has 0 aromatic carbocycles. The number of hydrogen-bond acceptors (Lipinski definition) is 2. The highest BCUT2D eigenvalue weighted by Gasteiger charge is 1.99. The molecule has 0 fully saturated rings. The highest BCUT2D eigenvalue weighted by atomic mass is 35.5. The predicted octanol–water partition coefficient (Wildman–Crippen LogP) is 6.74. The Morgan fingerprint density at radius 1 is 0.905 bits per heavy atom. The summed E-state index contributed by atoms with van der Waals surface area (Å²) in [5, 5.41) is 0. The SMILES string of the molecule is C=CCl.C=COC(=O)CCCCCCCCCCCCC. The molecule has 0 aromatic heterocycles. The summed E-state index contributed by atoms with van der Waals surface area (Å²) in [6.07, 6.45) is 16.0. The Hall–Kier alpha value is -0.760. The summed E-state index contributed by atoms with van der Waals surface area (Å²) in [5.41, 5.74) is 1.22. The van der Waals surface area contributed by atoms with Crippen LogP contribution in [0.2, 0.25) is 0 Å². The third-order valence-corrected chi connectivity index (χ3v) is 3.20. The molecule has 0 spiro atoms. The second kappa shape index (κ2) is 21.5. The van der Waals surface area contributed by atoms with Gasteiger partial charge in [-0.25, -0.2) is 0 Å². The Kier molecular flexibility index (Phi) is 23.1. The fourth-order valence-corrected chi connectivity index (χ4v) is 2.09. The van der Waals surface area contributed by atoms with E-state index in [1.807, 2.05) is 0 Å². The Morgan fingerprint density at radius 3 is 1.67 bits per heavy atom. The van der Waals surface area contributed by atoms with E-state index in [4.69, 9.17) is 11.6 Å². The molecule has 0 atom stereocenters. The summed E-state index contributed by atoms with van der Waals surface area (Å²) in [5.74, 6) is -0.152. The van der Waals surface area contributed by atoms with Crippen molar-refractivity contribution in [3.63, 3.8) is 0 Å². The van der Waals surface area contributed by atoms with E-state index in [0.717, 1.165) is 12.8 Å². The summed E-state index contributed by atoms with van der Waals surface area (Å²) in [6, 6.07) is 0. The van der Waals surface area contributed by atoms with Crippen LogP contribution in [0.25, 0.3) is 0 Å². The molecule has 0 heterocycles. The highest BCUT2D eigenvalue weighted by molar-refractivity contribution is 6.25. The van der Waals surface area contributed by atoms with Crippen LogP contribution in [-0.4, -0.2) is 5.97 Å². The lowest BCUT2D eigenvalue weighted by molar-refractivity contribution is -0.138. The van der Waals surface area contributed by atoms with E-state index in [1.54, 1.807) is 0 Å². The molecule has 21 heavy (non-hydrogen) atoms. The van der Waals surface area contributed by atoms with Gasteiger partial charge in [0, 0.05) is 6.42 Å². The van der Waals surface area contributed by atoms with Crippen LogP contribution in [0.5, 0.6) is 0 Å². The second-order valence-corrected chi connectivity index (χ2v) is 5.40. The zero-order chi connectivity index (χ0) is 16.2. The van der Waals surface area contributed by atoms with E-state index in [2.05, 4.69) is 24.8 Å². The zero-order valence-electron chi connectivity index (χ0n) is 13.7. The lowest BCUT2D eigenvalue weighted by Gasteiger charge is -2.02. The third-order valence-electron chi connectivity index (χ3n) is 3.20. The Balaban J connectivity index is 0. The molecule has 0 N–H and O–H groups in total. The molecule has 0 saturated carbocycles. The van der Waals surface area contributed by atoms with E-state index in [0.29, 0.717) is 6.42 Å². The van der Waals surface area contributed by atoms with Gasteiger partial charge in [0.25, 0.3) is 0 Å². The quantitative estimate of drug-likeness (QED) is 0.213. The lowest BCUT2D eigenvalue weighted by Crippen LogP contribution is -1.98. The molecule has 0 aliphatic rings. The minimum atomic E-state index is -0.152. The third kappa shape index (κ3) is 24.6. The predicted molar refractivity (Wildman–Crippen MR) is 93.4 cm³/mol. The Bertz CT molecular complexity index is 239. The smallest absolute Gasteiger partial charge is 0.310 e. The van der Waals surface area contributed by atoms with Crippen molar-refractivity contribution in [2.75, 3.05) is 0 Å². The molecule has 124 valence electrons. The number of halogens is 1. The monoisotopic (exact) mass is 316 g/mol. The molecule has 0 unspecified atom stereocenters. The Labute approximate surface area is 136 Å². The molecule has 0 bridgehead atoms. The summed E-state index contributed by atoms with van der Waals surface area (Å²) < 4.78 is 4.66. The largest absolute Gasteiger partial charge is 0.435 e. The van der Waals surface area contributed by atoms with Crippen molar-refractivity contribution in [3.8, 4) is 0 Å². The first-order chi connectivity index (χ1) is 10.2. The lowest BCUT2D eigenvalue weighted by atomic mass is 10.1. The van der Waals surface area contributed by atoms with Gasteiger partial charge in [0.1, 0.15) is 0 Å².